The van der Waals surface area contributed by atoms with Crippen molar-refractivity contribution in [3.05, 3.63) is 53.2 Å². The molecule has 1 N–H and O–H groups in total. The number of hydrogen-bond donors (Lipinski definition) is 1. The molecule has 1 aromatic carbocycles. The maximum absolute atomic E-state index is 13.1. The predicted octanol–water partition coefficient (Wildman–Crippen LogP) is 1.60. The summed E-state index contributed by atoms with van der Waals surface area (Å²) in [7, 11) is -4.13. The summed E-state index contributed by atoms with van der Waals surface area (Å²) in [6, 6.07) is 4.99. The lowest BCUT2D eigenvalue weighted by molar-refractivity contribution is -0.111. The molecule has 0 unspecified atom stereocenters. The number of anilines is 1. The minimum atomic E-state index is -4.13. The quantitative estimate of drug-likeness (QED) is 0.393. The molecular weight excluding hydrogens is 297 g/mol. The van der Waals surface area contributed by atoms with Crippen molar-refractivity contribution in [3.8, 4) is 11.5 Å². The number of nitrogens with one attached hydrogen (secondary N) is 1. The lowest BCUT2D eigenvalue weighted by Gasteiger charge is -2.02. The summed E-state index contributed by atoms with van der Waals surface area (Å²) in [4.78, 5) is 11.0. The largest absolute Gasteiger partial charge is 0.322 e. The van der Waals surface area contributed by atoms with Gasteiger partial charge in [-0.2, -0.15) is 10.5 Å². The van der Waals surface area contributed by atoms with E-state index < -0.39 is 26.5 Å². The predicted molar refractivity (Wildman–Crippen MR) is 72.6 cm³/mol. The lowest BCUT2D eigenvalue weighted by atomic mass is 10.2. The topological polar surface area (TPSA) is 111 Å². The van der Waals surface area contributed by atoms with E-state index in [0.717, 1.165) is 29.7 Å². The molecule has 1 aromatic rings. The van der Waals surface area contributed by atoms with Crippen LogP contribution >= 0.6 is 0 Å². The zero-order valence-corrected chi connectivity index (χ0v) is 11.3. The highest BCUT2D eigenvalue weighted by atomic mass is 32.2. The number of halogens is 1. The number of nitrogens with zero attached hydrogens (tertiary/aromatic N) is 2. The van der Waals surface area contributed by atoms with Crippen LogP contribution in [0.3, 0.4) is 0 Å². The van der Waals surface area contributed by atoms with Crippen LogP contribution in [0.1, 0.15) is 5.56 Å². The summed E-state index contributed by atoms with van der Waals surface area (Å²) in [5.41, 5.74) is -0.0791. The molecule has 21 heavy (non-hydrogen) atoms. The zero-order chi connectivity index (χ0) is 16.0. The molecule has 0 aliphatic rings. The minimum absolute atomic E-state index is 0.163. The average Bonchev–Trinajstić information content (AvgIpc) is 2.46. The van der Waals surface area contributed by atoms with Crippen LogP contribution < -0.4 is 5.32 Å². The first-order valence-corrected chi connectivity index (χ1v) is 6.82. The van der Waals surface area contributed by atoms with Gasteiger partial charge in [0.2, 0.25) is 5.91 Å². The van der Waals surface area contributed by atoms with Crippen molar-refractivity contribution >= 4 is 21.4 Å². The van der Waals surface area contributed by atoms with Crippen molar-refractivity contribution in [1.82, 2.24) is 0 Å². The number of thiocyanates is 1. The van der Waals surface area contributed by atoms with Crippen LogP contribution in [-0.2, 0) is 14.6 Å². The Morgan fingerprint density at radius 2 is 2.00 bits per heavy atom. The molecule has 0 saturated carbocycles. The molecule has 106 valence electrons. The van der Waals surface area contributed by atoms with Gasteiger partial charge in [-0.25, -0.2) is 12.8 Å². The second-order valence-corrected chi connectivity index (χ2v) is 5.40. The maximum atomic E-state index is 13.1. The molecule has 0 aliphatic heterocycles. The number of amides is 1. The SMILES string of the molecule is C=C(/C=C/C(=O)Nc1ccc(F)c(C#N)c1)S(=O)(=O)C#N. The second kappa shape index (κ2) is 6.46. The molecule has 0 saturated heterocycles. The molecule has 0 aromatic heterocycles. The fraction of sp³-hybridized carbons (Fsp3) is 0. The van der Waals surface area contributed by atoms with Gasteiger partial charge in [-0.3, -0.25) is 4.79 Å². The van der Waals surface area contributed by atoms with Crippen LogP contribution in [0.15, 0.2) is 41.8 Å². The lowest BCUT2D eigenvalue weighted by Crippen LogP contribution is -2.08. The van der Waals surface area contributed by atoms with E-state index in [9.17, 15) is 17.6 Å². The Morgan fingerprint density at radius 1 is 1.33 bits per heavy atom. The molecule has 0 spiro atoms. The second-order valence-electron chi connectivity index (χ2n) is 3.69. The number of carbonyl (C=O) groups excluding carboxylic acids is 1. The average molecular weight is 305 g/mol. The summed E-state index contributed by atoms with van der Waals surface area (Å²) in [6.07, 6.45) is 1.72. The summed E-state index contributed by atoms with van der Waals surface area (Å²) >= 11 is 0. The number of allylic oxidation sites excluding steroid dienone is 1. The third-order valence-corrected chi connectivity index (χ3v) is 3.31. The zero-order valence-electron chi connectivity index (χ0n) is 10.5. The number of nitriles is 2. The maximum Gasteiger partial charge on any atom is 0.269 e. The van der Waals surface area contributed by atoms with Crippen LogP contribution in [0, 0.1) is 27.8 Å². The van der Waals surface area contributed by atoms with Crippen LogP contribution in [0.4, 0.5) is 10.1 Å². The summed E-state index contributed by atoms with van der Waals surface area (Å²) in [5.74, 6) is -1.45. The normalized spacial score (nSPS) is 10.6. The molecular formula is C13H8FN3O3S. The summed E-state index contributed by atoms with van der Waals surface area (Å²) in [5, 5.41) is 20.3. The Bertz CT molecular complexity index is 814. The van der Waals surface area contributed by atoms with E-state index in [4.69, 9.17) is 10.5 Å². The Hall–Kier alpha value is -2.97. The van der Waals surface area contributed by atoms with Gasteiger partial charge < -0.3 is 5.32 Å². The molecule has 0 heterocycles. The summed E-state index contributed by atoms with van der Waals surface area (Å²) in [6.45, 7) is 3.15. The van der Waals surface area contributed by atoms with Gasteiger partial charge in [0.25, 0.3) is 9.84 Å². The molecule has 0 atom stereocenters. The number of hydrogen-bond acceptors (Lipinski definition) is 5. The minimum Gasteiger partial charge on any atom is -0.322 e. The van der Waals surface area contributed by atoms with Gasteiger partial charge in [0.05, 0.1) is 10.5 Å². The van der Waals surface area contributed by atoms with E-state index in [0.29, 0.717) is 0 Å². The number of sulfone groups is 1. The van der Waals surface area contributed by atoms with Gasteiger partial charge in [0.15, 0.2) is 5.40 Å². The Balaban J connectivity index is 2.83. The number of benzene rings is 1. The van der Waals surface area contributed by atoms with Gasteiger partial charge >= 0.3 is 0 Å². The van der Waals surface area contributed by atoms with E-state index in [2.05, 4.69) is 11.9 Å². The highest BCUT2D eigenvalue weighted by Gasteiger charge is 2.11. The van der Waals surface area contributed by atoms with Crippen molar-refractivity contribution in [2.24, 2.45) is 0 Å². The first-order valence-electron chi connectivity index (χ1n) is 5.33. The van der Waals surface area contributed by atoms with Crippen LogP contribution in [-0.4, -0.2) is 14.3 Å². The van der Waals surface area contributed by atoms with Crippen molar-refractivity contribution in [2.75, 3.05) is 5.32 Å². The molecule has 0 radical (unpaired) electrons. The van der Waals surface area contributed by atoms with Crippen molar-refractivity contribution in [1.29, 1.82) is 10.5 Å². The molecule has 0 fully saturated rings. The Kier molecular flexibility index (Phi) is 4.95. The standard InChI is InChI=1S/C13H8FN3O3S/c1-9(21(19,20)8-16)2-5-13(18)17-11-3-4-12(14)10(6-11)7-15/h2-6H,1H2,(H,17,18)/b5-2+. The first kappa shape index (κ1) is 16.1. The highest BCUT2D eigenvalue weighted by molar-refractivity contribution is 7.99. The van der Waals surface area contributed by atoms with E-state index in [1.807, 2.05) is 0 Å². The molecule has 1 rings (SSSR count). The van der Waals surface area contributed by atoms with Crippen molar-refractivity contribution < 1.29 is 17.6 Å². The van der Waals surface area contributed by atoms with E-state index in [1.165, 1.54) is 6.07 Å². The third kappa shape index (κ3) is 4.27. The van der Waals surface area contributed by atoms with E-state index in [1.54, 1.807) is 6.07 Å². The van der Waals surface area contributed by atoms with Crippen LogP contribution in [0.25, 0.3) is 0 Å². The highest BCUT2D eigenvalue weighted by Crippen LogP contribution is 2.14. The van der Waals surface area contributed by atoms with Crippen molar-refractivity contribution in [2.45, 2.75) is 0 Å². The number of rotatable bonds is 4. The first-order chi connectivity index (χ1) is 9.80. The smallest absolute Gasteiger partial charge is 0.269 e. The molecule has 1 amide bonds. The third-order valence-electron chi connectivity index (χ3n) is 2.24. The van der Waals surface area contributed by atoms with Crippen LogP contribution in [0.2, 0.25) is 0 Å². The van der Waals surface area contributed by atoms with E-state index in [-0.39, 0.29) is 11.3 Å². The Labute approximate surface area is 120 Å². The molecule has 6 nitrogen and oxygen atoms in total. The fourth-order valence-electron chi connectivity index (χ4n) is 1.19. The molecule has 0 bridgehead atoms. The van der Waals surface area contributed by atoms with E-state index >= 15 is 0 Å². The Morgan fingerprint density at radius 3 is 2.57 bits per heavy atom. The molecule has 0 aliphatic carbocycles. The molecule has 8 heteroatoms. The van der Waals surface area contributed by atoms with Gasteiger partial charge in [0.1, 0.15) is 11.9 Å². The van der Waals surface area contributed by atoms with Gasteiger partial charge in [-0.05, 0) is 24.3 Å². The fourth-order valence-corrected chi connectivity index (χ4v) is 1.55. The van der Waals surface area contributed by atoms with Crippen LogP contribution in [0.5, 0.6) is 0 Å². The van der Waals surface area contributed by atoms with Crippen molar-refractivity contribution in [3.63, 3.8) is 0 Å². The van der Waals surface area contributed by atoms with Gasteiger partial charge in [-0.1, -0.05) is 6.58 Å². The number of carbonyl (C=O) groups is 1. The van der Waals surface area contributed by atoms with Gasteiger partial charge in [0, 0.05) is 11.8 Å². The monoisotopic (exact) mass is 305 g/mol. The van der Waals surface area contributed by atoms with Gasteiger partial charge in [-0.15, -0.1) is 0 Å². The summed E-state index contributed by atoms with van der Waals surface area (Å²) < 4.78 is 35.2.